The second kappa shape index (κ2) is 14.8. The molecule has 13 N–H and O–H groups in total. The molecule has 4 atom stereocenters. The maximum atomic E-state index is 12.5. The van der Waals surface area contributed by atoms with Crippen LogP contribution in [0.4, 0.5) is 0 Å². The predicted octanol–water partition coefficient (Wildman–Crippen LogP) is -5.30. The Balaban J connectivity index is 5.23. The minimum Gasteiger partial charge on any atom is -0.480 e. The molecule has 0 aliphatic heterocycles. The van der Waals surface area contributed by atoms with Crippen LogP contribution in [0.2, 0.25) is 0 Å². The van der Waals surface area contributed by atoms with Gasteiger partial charge in [-0.15, -0.1) is 0 Å². The topological polar surface area (TPSA) is 278 Å². The molecule has 4 amide bonds. The van der Waals surface area contributed by atoms with Crippen LogP contribution in [0.3, 0.4) is 0 Å². The van der Waals surface area contributed by atoms with Crippen molar-refractivity contribution in [3.8, 4) is 0 Å². The highest BCUT2D eigenvalue weighted by atomic mass is 32.1. The van der Waals surface area contributed by atoms with Gasteiger partial charge in [-0.2, -0.15) is 12.6 Å². The predicted molar refractivity (Wildman–Crippen MR) is 116 cm³/mol. The molecule has 0 radical (unpaired) electrons. The maximum Gasteiger partial charge on any atom is 0.326 e. The number of nitrogens with two attached hydrogens (primary N) is 4. The molecular formula is C16H30N8O7S. The van der Waals surface area contributed by atoms with Crippen molar-refractivity contribution in [2.75, 3.05) is 18.9 Å². The van der Waals surface area contributed by atoms with Crippen LogP contribution in [0.5, 0.6) is 0 Å². The van der Waals surface area contributed by atoms with E-state index in [2.05, 4.69) is 33.6 Å². The zero-order chi connectivity index (χ0) is 24.8. The fourth-order valence-electron chi connectivity index (χ4n) is 2.27. The van der Waals surface area contributed by atoms with Gasteiger partial charge >= 0.3 is 5.97 Å². The van der Waals surface area contributed by atoms with Crippen LogP contribution in [-0.2, 0) is 24.0 Å². The lowest BCUT2D eigenvalue weighted by atomic mass is 10.1. The van der Waals surface area contributed by atoms with Gasteiger partial charge in [0.2, 0.25) is 23.6 Å². The van der Waals surface area contributed by atoms with Crippen LogP contribution in [0.25, 0.3) is 0 Å². The van der Waals surface area contributed by atoms with E-state index in [1.54, 1.807) is 0 Å². The number of carbonyl (C=O) groups is 5. The number of aliphatic carboxylic acids is 1. The largest absolute Gasteiger partial charge is 0.480 e. The SMILES string of the molecule is NC(=O)CC(NC(=O)C(CO)NC(=O)C(N)CS)C(=O)NC(CCCN=C(N)N)C(=O)O. The molecule has 182 valence electrons. The molecule has 32 heavy (non-hydrogen) atoms. The smallest absolute Gasteiger partial charge is 0.326 e. The van der Waals surface area contributed by atoms with E-state index in [0.29, 0.717) is 0 Å². The molecule has 0 aromatic carbocycles. The molecule has 0 rings (SSSR count). The number of carbonyl (C=O) groups excluding carboxylic acids is 4. The number of rotatable bonds is 15. The summed E-state index contributed by atoms with van der Waals surface area (Å²) in [4.78, 5) is 63.1. The summed E-state index contributed by atoms with van der Waals surface area (Å²) in [5, 5.41) is 25.2. The van der Waals surface area contributed by atoms with E-state index in [1.807, 2.05) is 0 Å². The maximum absolute atomic E-state index is 12.5. The number of thiol groups is 1. The first-order valence-electron chi connectivity index (χ1n) is 9.37. The van der Waals surface area contributed by atoms with E-state index in [4.69, 9.17) is 22.9 Å². The Morgan fingerprint density at radius 3 is 1.91 bits per heavy atom. The first-order chi connectivity index (χ1) is 14.9. The Bertz CT molecular complexity index is 717. The molecule has 0 aromatic heterocycles. The van der Waals surface area contributed by atoms with Crippen molar-refractivity contribution < 1.29 is 34.2 Å². The van der Waals surface area contributed by atoms with Gasteiger partial charge in [-0.1, -0.05) is 0 Å². The van der Waals surface area contributed by atoms with Crippen molar-refractivity contribution in [1.29, 1.82) is 0 Å². The molecule has 0 aliphatic carbocycles. The number of guanidine groups is 1. The zero-order valence-electron chi connectivity index (χ0n) is 17.2. The summed E-state index contributed by atoms with van der Waals surface area (Å²) in [7, 11) is 0. The van der Waals surface area contributed by atoms with Crippen molar-refractivity contribution in [2.45, 2.75) is 43.4 Å². The van der Waals surface area contributed by atoms with Crippen LogP contribution < -0.4 is 38.9 Å². The fourth-order valence-corrected chi connectivity index (χ4v) is 2.44. The van der Waals surface area contributed by atoms with Gasteiger partial charge in [-0.05, 0) is 12.8 Å². The number of aliphatic hydroxyl groups excluding tert-OH is 1. The number of aliphatic hydroxyl groups is 1. The van der Waals surface area contributed by atoms with E-state index >= 15 is 0 Å². The molecule has 0 spiro atoms. The number of primary amides is 1. The number of amides is 4. The van der Waals surface area contributed by atoms with Crippen molar-refractivity contribution in [1.82, 2.24) is 16.0 Å². The summed E-state index contributed by atoms with van der Waals surface area (Å²) >= 11 is 3.85. The van der Waals surface area contributed by atoms with Crippen molar-refractivity contribution >= 4 is 48.2 Å². The number of carboxylic acid groups (broad SMARTS) is 1. The highest BCUT2D eigenvalue weighted by molar-refractivity contribution is 7.80. The van der Waals surface area contributed by atoms with Gasteiger partial charge in [0.15, 0.2) is 5.96 Å². The number of hydrogen-bond acceptors (Lipinski definition) is 9. The highest BCUT2D eigenvalue weighted by Gasteiger charge is 2.30. The average Bonchev–Trinajstić information content (AvgIpc) is 2.71. The molecule has 4 unspecified atom stereocenters. The average molecular weight is 479 g/mol. The van der Waals surface area contributed by atoms with Gasteiger partial charge < -0.3 is 49.1 Å². The van der Waals surface area contributed by atoms with Gasteiger partial charge in [0, 0.05) is 12.3 Å². The number of carboxylic acids is 1. The summed E-state index contributed by atoms with van der Waals surface area (Å²) in [5.41, 5.74) is 20.9. The number of nitrogens with one attached hydrogen (secondary N) is 3. The van der Waals surface area contributed by atoms with Gasteiger partial charge in [-0.25, -0.2) is 4.79 Å². The zero-order valence-corrected chi connectivity index (χ0v) is 18.1. The number of aliphatic imine (C=N–C) groups is 1. The lowest BCUT2D eigenvalue weighted by molar-refractivity contribution is -0.142. The van der Waals surface area contributed by atoms with Crippen LogP contribution in [0.15, 0.2) is 4.99 Å². The second-order valence-corrected chi connectivity index (χ2v) is 6.98. The third-order valence-corrected chi connectivity index (χ3v) is 4.34. The molecule has 15 nitrogen and oxygen atoms in total. The van der Waals surface area contributed by atoms with E-state index in [1.165, 1.54) is 0 Å². The van der Waals surface area contributed by atoms with Crippen LogP contribution in [0, 0.1) is 0 Å². The van der Waals surface area contributed by atoms with Crippen molar-refractivity contribution in [3.05, 3.63) is 0 Å². The molecule has 0 saturated carbocycles. The molecular weight excluding hydrogens is 448 g/mol. The Labute approximate surface area is 189 Å². The van der Waals surface area contributed by atoms with Crippen LogP contribution in [0.1, 0.15) is 19.3 Å². The normalized spacial score (nSPS) is 14.2. The Morgan fingerprint density at radius 2 is 1.44 bits per heavy atom. The van der Waals surface area contributed by atoms with Crippen molar-refractivity contribution in [2.24, 2.45) is 27.9 Å². The number of hydrogen-bond donors (Lipinski definition) is 10. The summed E-state index contributed by atoms with van der Waals surface area (Å²) in [6.45, 7) is -0.722. The minimum absolute atomic E-state index is 0.0297. The van der Waals surface area contributed by atoms with E-state index in [0.717, 1.165) is 0 Å². The molecule has 0 aromatic rings. The molecule has 0 bridgehead atoms. The second-order valence-electron chi connectivity index (χ2n) is 6.61. The summed E-state index contributed by atoms with van der Waals surface area (Å²) in [6.07, 6.45) is -0.502. The third kappa shape index (κ3) is 11.3. The van der Waals surface area contributed by atoms with Crippen molar-refractivity contribution in [3.63, 3.8) is 0 Å². The summed E-state index contributed by atoms with van der Waals surface area (Å²) in [6, 6.07) is -5.48. The van der Waals surface area contributed by atoms with E-state index in [-0.39, 0.29) is 31.1 Å². The Morgan fingerprint density at radius 1 is 0.906 bits per heavy atom. The highest BCUT2D eigenvalue weighted by Crippen LogP contribution is 2.02. The van der Waals surface area contributed by atoms with E-state index in [9.17, 15) is 34.2 Å². The summed E-state index contributed by atoms with van der Waals surface area (Å²) < 4.78 is 0. The first kappa shape index (κ1) is 28.9. The third-order valence-electron chi connectivity index (χ3n) is 3.95. The van der Waals surface area contributed by atoms with Crippen LogP contribution in [-0.4, -0.2) is 88.8 Å². The lowest BCUT2D eigenvalue weighted by Crippen LogP contribution is -2.58. The lowest BCUT2D eigenvalue weighted by Gasteiger charge is -2.23. The Hall–Kier alpha value is -3.11. The fraction of sp³-hybridized carbons (Fsp3) is 0.625. The molecule has 0 saturated heterocycles. The molecule has 0 fully saturated rings. The quantitative estimate of drug-likeness (QED) is 0.0461. The molecule has 0 heterocycles. The van der Waals surface area contributed by atoms with Gasteiger partial charge in [0.05, 0.1) is 19.1 Å². The molecule has 16 heteroatoms. The van der Waals surface area contributed by atoms with E-state index < -0.39 is 66.8 Å². The van der Waals surface area contributed by atoms with Gasteiger partial charge in [0.25, 0.3) is 0 Å². The number of nitrogens with zero attached hydrogens (tertiary/aromatic N) is 1. The standard InChI is InChI=1S/C16H30N8O7S/c17-7(6-32)12(27)24-10(5-25)14(29)23-9(4-11(18)26)13(28)22-8(15(30)31)2-1-3-21-16(19)20/h7-10,25,32H,1-6,17H2,(H2,18,26)(H,22,28)(H,23,29)(H,24,27)(H,30,31)(H4,19,20,21). The van der Waals surface area contributed by atoms with Gasteiger partial charge in [0.1, 0.15) is 18.1 Å². The Kier molecular flexibility index (Phi) is 13.4. The molecule has 0 aliphatic rings. The van der Waals surface area contributed by atoms with Crippen LogP contribution >= 0.6 is 12.6 Å². The first-order valence-corrected chi connectivity index (χ1v) is 10.0. The monoisotopic (exact) mass is 478 g/mol. The summed E-state index contributed by atoms with van der Waals surface area (Å²) in [5.74, 6) is -5.35. The minimum atomic E-state index is -1.57. The van der Waals surface area contributed by atoms with Gasteiger partial charge in [-0.3, -0.25) is 24.2 Å².